The first-order chi connectivity index (χ1) is 12.4. The van der Waals surface area contributed by atoms with Gasteiger partial charge in [0.2, 0.25) is 17.7 Å². The van der Waals surface area contributed by atoms with Gasteiger partial charge in [-0.15, -0.1) is 0 Å². The molecule has 0 bridgehead atoms. The topological polar surface area (TPSA) is 114 Å². The summed E-state index contributed by atoms with van der Waals surface area (Å²) in [6, 6.07) is 0. The van der Waals surface area contributed by atoms with Gasteiger partial charge in [0, 0.05) is 47.3 Å². The Kier molecular flexibility index (Phi) is 13.1. The van der Waals surface area contributed by atoms with E-state index in [4.69, 9.17) is 0 Å². The maximum Gasteiger partial charge on any atom is 0.233 e. The molecule has 0 saturated heterocycles. The molecule has 0 saturated carbocycles. The number of carbonyl (C=O) groups is 4. The lowest BCUT2D eigenvalue weighted by Gasteiger charge is -2.26. The SMILES string of the molecule is CNC(=O)CN(CC=O)CCN(C)CCN(CC(=O)NC)CC(=O)NC. The second-order valence-corrected chi connectivity index (χ2v) is 5.94. The van der Waals surface area contributed by atoms with Crippen LogP contribution in [-0.2, 0) is 19.2 Å². The highest BCUT2D eigenvalue weighted by Crippen LogP contribution is 1.94. The lowest BCUT2D eigenvalue weighted by atomic mass is 10.3. The van der Waals surface area contributed by atoms with Crippen LogP contribution in [0.3, 0.4) is 0 Å². The number of aldehydes is 1. The number of amides is 3. The third-order valence-corrected chi connectivity index (χ3v) is 3.87. The van der Waals surface area contributed by atoms with Crippen LogP contribution in [-0.4, -0.2) is 119 Å². The maximum atomic E-state index is 11.6. The number of likely N-dealkylation sites (N-methyl/N-ethyl adjacent to an activating group) is 4. The Bertz CT molecular complexity index is 442. The van der Waals surface area contributed by atoms with Crippen molar-refractivity contribution in [3.05, 3.63) is 0 Å². The van der Waals surface area contributed by atoms with Gasteiger partial charge in [-0.2, -0.15) is 0 Å². The molecule has 26 heavy (non-hydrogen) atoms. The minimum absolute atomic E-state index is 0.142. The van der Waals surface area contributed by atoms with Gasteiger partial charge in [0.15, 0.2) is 0 Å². The Balaban J connectivity index is 4.43. The number of hydrogen-bond donors (Lipinski definition) is 3. The van der Waals surface area contributed by atoms with Crippen LogP contribution in [0.5, 0.6) is 0 Å². The average Bonchev–Trinajstić information content (AvgIpc) is 2.63. The molecule has 10 nitrogen and oxygen atoms in total. The first-order valence-corrected chi connectivity index (χ1v) is 8.54. The van der Waals surface area contributed by atoms with E-state index in [0.717, 1.165) is 6.29 Å². The quantitative estimate of drug-likeness (QED) is 0.278. The molecule has 0 atom stereocenters. The van der Waals surface area contributed by atoms with E-state index in [1.54, 1.807) is 30.9 Å². The molecule has 0 spiro atoms. The predicted octanol–water partition coefficient (Wildman–Crippen LogP) is -3.04. The molecule has 0 aliphatic carbocycles. The molecule has 0 fully saturated rings. The van der Waals surface area contributed by atoms with Crippen LogP contribution in [0.25, 0.3) is 0 Å². The molecule has 0 aromatic heterocycles. The molecule has 0 unspecified atom stereocenters. The van der Waals surface area contributed by atoms with Crippen LogP contribution in [0.2, 0.25) is 0 Å². The van der Waals surface area contributed by atoms with Crippen molar-refractivity contribution in [3.8, 4) is 0 Å². The number of rotatable bonds is 14. The smallest absolute Gasteiger partial charge is 0.233 e. The monoisotopic (exact) mass is 372 g/mol. The van der Waals surface area contributed by atoms with Crippen LogP contribution < -0.4 is 16.0 Å². The minimum Gasteiger partial charge on any atom is -0.358 e. The summed E-state index contributed by atoms with van der Waals surface area (Å²) in [6.45, 7) is 3.05. The van der Waals surface area contributed by atoms with E-state index < -0.39 is 0 Å². The molecule has 3 N–H and O–H groups in total. The van der Waals surface area contributed by atoms with Gasteiger partial charge in [0.05, 0.1) is 26.2 Å². The van der Waals surface area contributed by atoms with Crippen molar-refractivity contribution in [1.29, 1.82) is 0 Å². The fraction of sp³-hybridized carbons (Fsp3) is 0.750. The molecule has 0 heterocycles. The number of nitrogens with zero attached hydrogens (tertiary/aromatic N) is 3. The van der Waals surface area contributed by atoms with Gasteiger partial charge in [-0.05, 0) is 7.05 Å². The standard InChI is InChI=1S/C16H32N6O4/c1-17-14(24)11-21(9-10-23)7-5-20(4)6-8-22(12-15(25)18-2)13-16(26)19-3/h10H,5-9,11-13H2,1-4H3,(H,17,24)(H,18,25)(H,19,26). The zero-order valence-corrected chi connectivity index (χ0v) is 16.2. The Labute approximate surface area is 155 Å². The van der Waals surface area contributed by atoms with Crippen molar-refractivity contribution in [3.63, 3.8) is 0 Å². The third-order valence-electron chi connectivity index (χ3n) is 3.87. The van der Waals surface area contributed by atoms with Crippen LogP contribution in [0.4, 0.5) is 0 Å². The first kappa shape index (κ1) is 24.0. The predicted molar refractivity (Wildman–Crippen MR) is 98.6 cm³/mol. The molecule has 10 heteroatoms. The zero-order chi connectivity index (χ0) is 19.9. The second-order valence-electron chi connectivity index (χ2n) is 5.94. The van der Waals surface area contributed by atoms with E-state index in [1.165, 1.54) is 0 Å². The highest BCUT2D eigenvalue weighted by molar-refractivity contribution is 5.80. The molecule has 0 aliphatic rings. The van der Waals surface area contributed by atoms with Gasteiger partial charge in [0.1, 0.15) is 6.29 Å². The van der Waals surface area contributed by atoms with E-state index in [2.05, 4.69) is 16.0 Å². The fourth-order valence-corrected chi connectivity index (χ4v) is 2.14. The molecule has 3 amide bonds. The first-order valence-electron chi connectivity index (χ1n) is 8.54. The summed E-state index contributed by atoms with van der Waals surface area (Å²) in [5.74, 6) is -0.449. The summed E-state index contributed by atoms with van der Waals surface area (Å²) in [4.78, 5) is 50.9. The lowest BCUT2D eigenvalue weighted by Crippen LogP contribution is -2.45. The lowest BCUT2D eigenvalue weighted by molar-refractivity contribution is -0.125. The summed E-state index contributed by atoms with van der Waals surface area (Å²) in [5.41, 5.74) is 0. The molecule has 0 aromatic carbocycles. The molecular formula is C16H32N6O4. The normalized spacial score (nSPS) is 10.9. The highest BCUT2D eigenvalue weighted by atomic mass is 16.2. The summed E-state index contributed by atoms with van der Waals surface area (Å²) >= 11 is 0. The molecular weight excluding hydrogens is 340 g/mol. The van der Waals surface area contributed by atoms with E-state index in [-0.39, 0.29) is 43.9 Å². The van der Waals surface area contributed by atoms with Gasteiger partial charge < -0.3 is 25.6 Å². The number of nitrogens with one attached hydrogen (secondary N) is 3. The maximum absolute atomic E-state index is 11.6. The van der Waals surface area contributed by atoms with Crippen molar-refractivity contribution >= 4 is 24.0 Å². The van der Waals surface area contributed by atoms with Crippen molar-refractivity contribution in [1.82, 2.24) is 30.7 Å². The van der Waals surface area contributed by atoms with Crippen molar-refractivity contribution < 1.29 is 19.2 Å². The van der Waals surface area contributed by atoms with Gasteiger partial charge >= 0.3 is 0 Å². The van der Waals surface area contributed by atoms with E-state index in [9.17, 15) is 19.2 Å². The Morgan fingerprint density at radius 2 is 1.12 bits per heavy atom. The van der Waals surface area contributed by atoms with Crippen LogP contribution in [0.15, 0.2) is 0 Å². The van der Waals surface area contributed by atoms with Crippen LogP contribution >= 0.6 is 0 Å². The van der Waals surface area contributed by atoms with E-state index >= 15 is 0 Å². The van der Waals surface area contributed by atoms with E-state index in [0.29, 0.717) is 26.2 Å². The summed E-state index contributed by atoms with van der Waals surface area (Å²) in [6.07, 6.45) is 0.775. The molecule has 0 rings (SSSR count). The highest BCUT2D eigenvalue weighted by Gasteiger charge is 2.15. The van der Waals surface area contributed by atoms with Gasteiger partial charge in [-0.1, -0.05) is 0 Å². The van der Waals surface area contributed by atoms with Crippen molar-refractivity contribution in [2.45, 2.75) is 0 Å². The molecule has 0 aliphatic heterocycles. The van der Waals surface area contributed by atoms with Gasteiger partial charge in [-0.3, -0.25) is 24.2 Å². The molecule has 150 valence electrons. The second kappa shape index (κ2) is 14.2. The molecule has 0 aromatic rings. The summed E-state index contributed by atoms with van der Waals surface area (Å²) in [5, 5.41) is 7.63. The van der Waals surface area contributed by atoms with Crippen molar-refractivity contribution in [2.24, 2.45) is 0 Å². The van der Waals surface area contributed by atoms with Gasteiger partial charge in [-0.25, -0.2) is 0 Å². The average molecular weight is 372 g/mol. The fourth-order valence-electron chi connectivity index (χ4n) is 2.14. The summed E-state index contributed by atoms with van der Waals surface area (Å²) in [7, 11) is 6.58. The largest absolute Gasteiger partial charge is 0.358 e. The Hall–Kier alpha value is -2.04. The van der Waals surface area contributed by atoms with E-state index in [1.807, 2.05) is 11.9 Å². The zero-order valence-electron chi connectivity index (χ0n) is 16.2. The van der Waals surface area contributed by atoms with Crippen LogP contribution in [0.1, 0.15) is 0 Å². The number of carbonyl (C=O) groups excluding carboxylic acids is 4. The van der Waals surface area contributed by atoms with Crippen molar-refractivity contribution in [2.75, 3.05) is 80.5 Å². The summed E-state index contributed by atoms with van der Waals surface area (Å²) < 4.78 is 0. The Morgan fingerprint density at radius 1 is 0.731 bits per heavy atom. The number of hydrogen-bond acceptors (Lipinski definition) is 7. The Morgan fingerprint density at radius 3 is 1.50 bits per heavy atom. The van der Waals surface area contributed by atoms with Crippen LogP contribution in [0, 0.1) is 0 Å². The molecule has 0 radical (unpaired) electrons. The third kappa shape index (κ3) is 11.5. The minimum atomic E-state index is -0.153. The van der Waals surface area contributed by atoms with Gasteiger partial charge in [0.25, 0.3) is 0 Å².